The Morgan fingerprint density at radius 3 is 2.90 bits per heavy atom. The molecule has 1 atom stereocenters. The van der Waals surface area contributed by atoms with Gasteiger partial charge in [0.1, 0.15) is 0 Å². The summed E-state index contributed by atoms with van der Waals surface area (Å²) in [5, 5.41) is 14.8. The van der Waals surface area contributed by atoms with Crippen LogP contribution in [0.2, 0.25) is 0 Å². The molecule has 0 radical (unpaired) electrons. The fraction of sp³-hybridized carbons (Fsp3) is 0.562. The van der Waals surface area contributed by atoms with Gasteiger partial charge in [0.15, 0.2) is 0 Å². The highest BCUT2D eigenvalue weighted by Crippen LogP contribution is 2.27. The Bertz CT molecular complexity index is 460. The second-order valence-corrected chi connectivity index (χ2v) is 5.37. The van der Waals surface area contributed by atoms with Crippen LogP contribution in [0.15, 0.2) is 18.2 Å². The molecule has 1 aromatic carbocycles. The zero-order chi connectivity index (χ0) is 14.4. The number of carbonyl (C=O) groups is 1. The molecular weight excluding hydrogens is 252 g/mol. The zero-order valence-corrected chi connectivity index (χ0v) is 12.1. The van der Waals surface area contributed by atoms with Crippen molar-refractivity contribution in [3.05, 3.63) is 29.3 Å². The van der Waals surface area contributed by atoms with E-state index in [2.05, 4.69) is 16.7 Å². The van der Waals surface area contributed by atoms with E-state index in [4.69, 9.17) is 5.11 Å². The largest absolute Gasteiger partial charge is 0.396 e. The van der Waals surface area contributed by atoms with Crippen molar-refractivity contribution >= 4 is 11.7 Å². The minimum Gasteiger partial charge on any atom is -0.396 e. The molecule has 0 bridgehead atoms. The van der Waals surface area contributed by atoms with Crippen LogP contribution in [0.25, 0.3) is 0 Å². The van der Waals surface area contributed by atoms with Crippen molar-refractivity contribution in [3.8, 4) is 0 Å². The summed E-state index contributed by atoms with van der Waals surface area (Å²) >= 11 is 0. The van der Waals surface area contributed by atoms with Crippen LogP contribution in [-0.4, -0.2) is 23.8 Å². The summed E-state index contributed by atoms with van der Waals surface area (Å²) in [6.45, 7) is 2.10. The van der Waals surface area contributed by atoms with Crippen LogP contribution in [-0.2, 0) is 12.8 Å². The molecule has 2 amide bonds. The molecule has 1 aliphatic carbocycles. The zero-order valence-electron chi connectivity index (χ0n) is 12.1. The van der Waals surface area contributed by atoms with Crippen molar-refractivity contribution in [2.45, 2.75) is 51.5 Å². The molecule has 0 saturated heterocycles. The molecule has 1 aromatic rings. The van der Waals surface area contributed by atoms with Crippen molar-refractivity contribution in [2.75, 3.05) is 11.9 Å². The van der Waals surface area contributed by atoms with Gasteiger partial charge >= 0.3 is 6.03 Å². The van der Waals surface area contributed by atoms with Gasteiger partial charge in [0.2, 0.25) is 0 Å². The topological polar surface area (TPSA) is 61.4 Å². The van der Waals surface area contributed by atoms with Gasteiger partial charge in [-0.3, -0.25) is 0 Å². The number of amides is 2. The van der Waals surface area contributed by atoms with Gasteiger partial charge < -0.3 is 15.7 Å². The van der Waals surface area contributed by atoms with Gasteiger partial charge in [-0.25, -0.2) is 4.79 Å². The number of hydrogen-bond acceptors (Lipinski definition) is 2. The number of carbonyl (C=O) groups excluding carboxylic acids is 1. The Labute approximate surface area is 120 Å². The van der Waals surface area contributed by atoms with Crippen molar-refractivity contribution in [1.29, 1.82) is 0 Å². The molecule has 0 heterocycles. The molecule has 20 heavy (non-hydrogen) atoms. The number of hydrogen-bond donors (Lipinski definition) is 3. The van der Waals surface area contributed by atoms with Crippen LogP contribution in [0.5, 0.6) is 0 Å². The van der Waals surface area contributed by atoms with Crippen LogP contribution in [0.1, 0.15) is 43.7 Å². The van der Waals surface area contributed by atoms with E-state index in [0.29, 0.717) is 6.42 Å². The third-order valence-electron chi connectivity index (χ3n) is 3.95. The normalized spacial score (nSPS) is 15.3. The van der Waals surface area contributed by atoms with Crippen LogP contribution >= 0.6 is 0 Å². The monoisotopic (exact) mass is 276 g/mol. The average Bonchev–Trinajstić information content (AvgIpc) is 2.47. The molecule has 0 fully saturated rings. The Morgan fingerprint density at radius 1 is 1.35 bits per heavy atom. The number of rotatable bonds is 5. The van der Waals surface area contributed by atoms with Crippen LogP contribution in [0.4, 0.5) is 10.5 Å². The summed E-state index contributed by atoms with van der Waals surface area (Å²) in [4.78, 5) is 12.0. The van der Waals surface area contributed by atoms with E-state index in [1.165, 1.54) is 24.0 Å². The Balaban J connectivity index is 2.01. The highest BCUT2D eigenvalue weighted by atomic mass is 16.3. The molecular formula is C16H24N2O2. The van der Waals surface area contributed by atoms with E-state index in [9.17, 15) is 4.79 Å². The maximum absolute atomic E-state index is 12.0. The summed E-state index contributed by atoms with van der Waals surface area (Å²) in [6, 6.07) is 5.98. The maximum atomic E-state index is 12.0. The van der Waals surface area contributed by atoms with Crippen LogP contribution in [0, 0.1) is 0 Å². The van der Waals surface area contributed by atoms with Gasteiger partial charge in [-0.05, 0) is 55.7 Å². The molecule has 1 unspecified atom stereocenters. The van der Waals surface area contributed by atoms with E-state index in [1.54, 1.807) is 0 Å². The van der Waals surface area contributed by atoms with Gasteiger partial charge in [-0.1, -0.05) is 19.1 Å². The first-order chi connectivity index (χ1) is 9.74. The molecule has 0 aromatic heterocycles. The third-order valence-corrected chi connectivity index (χ3v) is 3.95. The Hall–Kier alpha value is -1.55. The quantitative estimate of drug-likeness (QED) is 0.774. The van der Waals surface area contributed by atoms with E-state index in [-0.39, 0.29) is 18.7 Å². The van der Waals surface area contributed by atoms with Crippen molar-refractivity contribution < 1.29 is 9.90 Å². The predicted octanol–water partition coefficient (Wildman–Crippen LogP) is 2.85. The van der Waals surface area contributed by atoms with Gasteiger partial charge in [0.25, 0.3) is 0 Å². The lowest BCUT2D eigenvalue weighted by molar-refractivity contribution is 0.237. The first-order valence-corrected chi connectivity index (χ1v) is 7.53. The number of aliphatic hydroxyl groups is 1. The summed E-state index contributed by atoms with van der Waals surface area (Å²) in [5.74, 6) is 0. The number of urea groups is 1. The molecule has 2 rings (SSSR count). The third kappa shape index (κ3) is 3.73. The molecule has 0 saturated carbocycles. The fourth-order valence-electron chi connectivity index (χ4n) is 2.78. The average molecular weight is 276 g/mol. The van der Waals surface area contributed by atoms with Crippen molar-refractivity contribution in [2.24, 2.45) is 0 Å². The van der Waals surface area contributed by atoms with Gasteiger partial charge in [-0.15, -0.1) is 0 Å². The molecule has 1 aliphatic rings. The fourth-order valence-corrected chi connectivity index (χ4v) is 2.78. The van der Waals surface area contributed by atoms with Crippen LogP contribution < -0.4 is 10.6 Å². The van der Waals surface area contributed by atoms with E-state index < -0.39 is 0 Å². The highest BCUT2D eigenvalue weighted by molar-refractivity contribution is 5.90. The lowest BCUT2D eigenvalue weighted by atomic mass is 9.90. The van der Waals surface area contributed by atoms with E-state index >= 15 is 0 Å². The van der Waals surface area contributed by atoms with E-state index in [0.717, 1.165) is 24.9 Å². The minimum atomic E-state index is -0.177. The standard InChI is InChI=1S/C16H24N2O2/c1-2-13(10-11-19)17-16(20)18-15-9-5-7-12-6-3-4-8-14(12)15/h5,7,9,13,19H,2-4,6,8,10-11H2,1H3,(H2,17,18,20). The molecule has 0 aliphatic heterocycles. The first-order valence-electron chi connectivity index (χ1n) is 7.53. The molecule has 0 spiro atoms. The maximum Gasteiger partial charge on any atom is 0.319 e. The van der Waals surface area contributed by atoms with Gasteiger partial charge in [0.05, 0.1) is 0 Å². The molecule has 4 nitrogen and oxygen atoms in total. The molecule has 110 valence electrons. The number of fused-ring (bicyclic) bond motifs is 1. The lowest BCUT2D eigenvalue weighted by Crippen LogP contribution is -2.38. The number of benzene rings is 1. The van der Waals surface area contributed by atoms with E-state index in [1.807, 2.05) is 19.1 Å². The second kappa shape index (κ2) is 7.29. The lowest BCUT2D eigenvalue weighted by Gasteiger charge is -2.21. The summed E-state index contributed by atoms with van der Waals surface area (Å²) in [6.07, 6.45) is 5.98. The Morgan fingerprint density at radius 2 is 2.15 bits per heavy atom. The van der Waals surface area contributed by atoms with Crippen LogP contribution in [0.3, 0.4) is 0 Å². The number of nitrogens with one attached hydrogen (secondary N) is 2. The number of anilines is 1. The van der Waals surface area contributed by atoms with Gasteiger partial charge in [0, 0.05) is 18.3 Å². The van der Waals surface area contributed by atoms with Gasteiger partial charge in [-0.2, -0.15) is 0 Å². The SMILES string of the molecule is CCC(CCO)NC(=O)Nc1cccc2c1CCCC2. The highest BCUT2D eigenvalue weighted by Gasteiger charge is 2.15. The summed E-state index contributed by atoms with van der Waals surface area (Å²) in [7, 11) is 0. The van der Waals surface area contributed by atoms with Crippen molar-refractivity contribution in [3.63, 3.8) is 0 Å². The number of aryl methyl sites for hydroxylation is 1. The second-order valence-electron chi connectivity index (χ2n) is 5.37. The summed E-state index contributed by atoms with van der Waals surface area (Å²) in [5.41, 5.74) is 3.57. The summed E-state index contributed by atoms with van der Waals surface area (Å²) < 4.78 is 0. The van der Waals surface area contributed by atoms with Crippen molar-refractivity contribution in [1.82, 2.24) is 5.32 Å². The smallest absolute Gasteiger partial charge is 0.319 e. The number of aliphatic hydroxyl groups excluding tert-OH is 1. The minimum absolute atomic E-state index is 0.0274. The predicted molar refractivity (Wildman–Crippen MR) is 81.0 cm³/mol. The molecule has 3 N–H and O–H groups in total. The first kappa shape index (κ1) is 14.9. The Kier molecular flexibility index (Phi) is 5.41. The molecule has 4 heteroatoms.